The number of rotatable bonds is 3. The van der Waals surface area contributed by atoms with Crippen molar-refractivity contribution in [1.82, 2.24) is 4.90 Å². The Hall–Kier alpha value is -2.49. The second-order valence-corrected chi connectivity index (χ2v) is 6.57. The summed E-state index contributed by atoms with van der Waals surface area (Å²) in [5.74, 6) is 0.754. The van der Waals surface area contributed by atoms with E-state index in [9.17, 15) is 9.90 Å². The first kappa shape index (κ1) is 16.4. The van der Waals surface area contributed by atoms with Crippen LogP contribution in [-0.4, -0.2) is 42.1 Å². The number of piperazine rings is 1. The van der Waals surface area contributed by atoms with Gasteiger partial charge in [0.25, 0.3) is 5.91 Å². The predicted molar refractivity (Wildman–Crippen MR) is 96.8 cm³/mol. The lowest BCUT2D eigenvalue weighted by Crippen LogP contribution is -2.48. The second kappa shape index (κ2) is 6.95. The molecule has 0 unspecified atom stereocenters. The van der Waals surface area contributed by atoms with Crippen LogP contribution in [0.1, 0.15) is 35.7 Å². The first-order chi connectivity index (χ1) is 11.5. The number of anilines is 1. The Balaban J connectivity index is 1.61. The highest BCUT2D eigenvalue weighted by Gasteiger charge is 2.22. The molecular formula is C20H24N2O2. The van der Waals surface area contributed by atoms with E-state index in [4.69, 9.17) is 0 Å². The maximum absolute atomic E-state index is 12.5. The fourth-order valence-electron chi connectivity index (χ4n) is 3.02. The third-order valence-corrected chi connectivity index (χ3v) is 4.61. The third kappa shape index (κ3) is 3.53. The summed E-state index contributed by atoms with van der Waals surface area (Å²) in [5.41, 5.74) is 3.19. The fraction of sp³-hybridized carbons (Fsp3) is 0.350. The van der Waals surface area contributed by atoms with Gasteiger partial charge in [0.2, 0.25) is 0 Å². The predicted octanol–water partition coefficient (Wildman–Crippen LogP) is 3.48. The molecule has 1 heterocycles. The minimum Gasteiger partial charge on any atom is -0.508 e. The zero-order valence-electron chi connectivity index (χ0n) is 14.3. The van der Waals surface area contributed by atoms with Crippen LogP contribution < -0.4 is 4.90 Å². The smallest absolute Gasteiger partial charge is 0.253 e. The highest BCUT2D eigenvalue weighted by atomic mass is 16.3. The summed E-state index contributed by atoms with van der Waals surface area (Å²) >= 11 is 0. The molecule has 2 aromatic carbocycles. The van der Waals surface area contributed by atoms with Gasteiger partial charge < -0.3 is 14.9 Å². The number of nitrogens with zero attached hydrogens (tertiary/aromatic N) is 2. The first-order valence-electron chi connectivity index (χ1n) is 8.48. The first-order valence-corrected chi connectivity index (χ1v) is 8.48. The number of hydrogen-bond donors (Lipinski definition) is 1. The topological polar surface area (TPSA) is 43.8 Å². The van der Waals surface area contributed by atoms with E-state index in [-0.39, 0.29) is 11.7 Å². The Morgan fingerprint density at radius 1 is 0.917 bits per heavy atom. The molecule has 4 heteroatoms. The van der Waals surface area contributed by atoms with Gasteiger partial charge in [-0.2, -0.15) is 0 Å². The zero-order valence-corrected chi connectivity index (χ0v) is 14.3. The molecule has 0 radical (unpaired) electrons. The number of phenolic OH excluding ortho intramolecular Hbond substituents is 1. The zero-order chi connectivity index (χ0) is 17.1. The fourth-order valence-corrected chi connectivity index (χ4v) is 3.02. The van der Waals surface area contributed by atoms with Crippen molar-refractivity contribution < 1.29 is 9.90 Å². The Labute approximate surface area is 143 Å². The van der Waals surface area contributed by atoms with Crippen molar-refractivity contribution >= 4 is 11.6 Å². The minimum absolute atomic E-state index is 0.0322. The van der Waals surface area contributed by atoms with Gasteiger partial charge in [0, 0.05) is 37.4 Å². The van der Waals surface area contributed by atoms with Crippen LogP contribution in [0.4, 0.5) is 5.69 Å². The molecule has 24 heavy (non-hydrogen) atoms. The number of benzene rings is 2. The van der Waals surface area contributed by atoms with Gasteiger partial charge in [-0.15, -0.1) is 0 Å². The Bertz CT molecular complexity index is 685. The third-order valence-electron chi connectivity index (χ3n) is 4.61. The standard InChI is InChI=1S/C20H24N2O2/c1-15(2)16-3-7-18(8-4-16)21-11-13-22(14-12-21)20(24)17-5-9-19(23)10-6-17/h3-10,15,23H,11-14H2,1-2H3. The van der Waals surface area contributed by atoms with Crippen LogP contribution in [-0.2, 0) is 0 Å². The molecule has 3 rings (SSSR count). The highest BCUT2D eigenvalue weighted by Crippen LogP contribution is 2.22. The molecule has 0 spiro atoms. The van der Waals surface area contributed by atoms with E-state index in [1.54, 1.807) is 24.3 Å². The van der Waals surface area contributed by atoms with E-state index >= 15 is 0 Å². The van der Waals surface area contributed by atoms with Crippen molar-refractivity contribution in [2.24, 2.45) is 0 Å². The van der Waals surface area contributed by atoms with Gasteiger partial charge in [0.15, 0.2) is 0 Å². The summed E-state index contributed by atoms with van der Waals surface area (Å²) in [6, 6.07) is 15.2. The van der Waals surface area contributed by atoms with Crippen LogP contribution in [0.3, 0.4) is 0 Å². The van der Waals surface area contributed by atoms with E-state index in [1.165, 1.54) is 11.3 Å². The molecule has 4 nitrogen and oxygen atoms in total. The average molecular weight is 324 g/mol. The van der Waals surface area contributed by atoms with E-state index < -0.39 is 0 Å². The van der Waals surface area contributed by atoms with Gasteiger partial charge in [-0.1, -0.05) is 26.0 Å². The molecule has 1 fully saturated rings. The van der Waals surface area contributed by atoms with Crippen molar-refractivity contribution in [2.75, 3.05) is 31.1 Å². The van der Waals surface area contributed by atoms with Crippen LogP contribution in [0.2, 0.25) is 0 Å². The maximum atomic E-state index is 12.5. The summed E-state index contributed by atoms with van der Waals surface area (Å²) in [5, 5.41) is 9.33. The molecule has 0 aliphatic carbocycles. The second-order valence-electron chi connectivity index (χ2n) is 6.57. The van der Waals surface area contributed by atoms with Gasteiger partial charge in [-0.3, -0.25) is 4.79 Å². The molecule has 2 aromatic rings. The van der Waals surface area contributed by atoms with Gasteiger partial charge in [0.1, 0.15) is 5.75 Å². The van der Waals surface area contributed by atoms with Gasteiger partial charge in [-0.05, 0) is 47.9 Å². The van der Waals surface area contributed by atoms with Crippen molar-refractivity contribution in [3.63, 3.8) is 0 Å². The summed E-state index contributed by atoms with van der Waals surface area (Å²) in [6.45, 7) is 7.50. The van der Waals surface area contributed by atoms with E-state index in [1.807, 2.05) is 4.90 Å². The average Bonchev–Trinajstić information content (AvgIpc) is 2.62. The summed E-state index contributed by atoms with van der Waals surface area (Å²) in [4.78, 5) is 16.7. The summed E-state index contributed by atoms with van der Waals surface area (Å²) < 4.78 is 0. The normalized spacial score (nSPS) is 15.0. The van der Waals surface area contributed by atoms with Gasteiger partial charge in [0.05, 0.1) is 0 Å². The molecule has 0 atom stereocenters. The number of phenols is 1. The molecule has 0 saturated carbocycles. The molecule has 0 bridgehead atoms. The molecule has 126 valence electrons. The van der Waals surface area contributed by atoms with Crippen LogP contribution >= 0.6 is 0 Å². The molecule has 0 aromatic heterocycles. The Morgan fingerprint density at radius 3 is 2.04 bits per heavy atom. The molecular weight excluding hydrogens is 300 g/mol. The molecule has 1 aliphatic heterocycles. The lowest BCUT2D eigenvalue weighted by atomic mass is 10.0. The van der Waals surface area contributed by atoms with E-state index in [0.717, 1.165) is 13.1 Å². The van der Waals surface area contributed by atoms with E-state index in [2.05, 4.69) is 43.0 Å². The lowest BCUT2D eigenvalue weighted by Gasteiger charge is -2.36. The number of carbonyl (C=O) groups excluding carboxylic acids is 1. The largest absolute Gasteiger partial charge is 0.508 e. The molecule has 1 amide bonds. The van der Waals surface area contributed by atoms with Crippen molar-refractivity contribution in [2.45, 2.75) is 19.8 Å². The number of hydrogen-bond acceptors (Lipinski definition) is 3. The van der Waals surface area contributed by atoms with Gasteiger partial charge >= 0.3 is 0 Å². The number of aromatic hydroxyl groups is 1. The van der Waals surface area contributed by atoms with Gasteiger partial charge in [-0.25, -0.2) is 0 Å². The lowest BCUT2D eigenvalue weighted by molar-refractivity contribution is 0.0747. The molecule has 1 saturated heterocycles. The summed E-state index contributed by atoms with van der Waals surface area (Å²) in [7, 11) is 0. The van der Waals surface area contributed by atoms with Crippen molar-refractivity contribution in [1.29, 1.82) is 0 Å². The number of amides is 1. The monoisotopic (exact) mass is 324 g/mol. The van der Waals surface area contributed by atoms with E-state index in [0.29, 0.717) is 24.6 Å². The van der Waals surface area contributed by atoms with Crippen LogP contribution in [0.5, 0.6) is 5.75 Å². The maximum Gasteiger partial charge on any atom is 0.253 e. The highest BCUT2D eigenvalue weighted by molar-refractivity contribution is 5.94. The SMILES string of the molecule is CC(C)c1ccc(N2CCN(C(=O)c3ccc(O)cc3)CC2)cc1. The molecule has 1 N–H and O–H groups in total. The van der Waals surface area contributed by atoms with Crippen LogP contribution in [0, 0.1) is 0 Å². The Kier molecular flexibility index (Phi) is 4.74. The van der Waals surface area contributed by atoms with Crippen LogP contribution in [0.25, 0.3) is 0 Å². The Morgan fingerprint density at radius 2 is 1.50 bits per heavy atom. The van der Waals surface area contributed by atoms with Crippen molar-refractivity contribution in [3.05, 3.63) is 59.7 Å². The quantitative estimate of drug-likeness (QED) is 0.940. The van der Waals surface area contributed by atoms with Crippen molar-refractivity contribution in [3.8, 4) is 5.75 Å². The van der Waals surface area contributed by atoms with Crippen LogP contribution in [0.15, 0.2) is 48.5 Å². The summed E-state index contributed by atoms with van der Waals surface area (Å²) in [6.07, 6.45) is 0. The minimum atomic E-state index is 0.0322. The number of carbonyl (C=O) groups is 1. The molecule has 1 aliphatic rings.